The van der Waals surface area contributed by atoms with Gasteiger partial charge in [-0.3, -0.25) is 4.79 Å². The van der Waals surface area contributed by atoms with Gasteiger partial charge < -0.3 is 4.74 Å². The second-order valence-electron chi connectivity index (χ2n) is 5.36. The Labute approximate surface area is 120 Å². The second kappa shape index (κ2) is 6.38. The molecule has 2 heteroatoms. The van der Waals surface area contributed by atoms with E-state index in [1.165, 1.54) is 5.56 Å². The summed E-state index contributed by atoms with van der Waals surface area (Å²) in [6.07, 6.45) is 0.747. The van der Waals surface area contributed by atoms with E-state index in [9.17, 15) is 4.79 Å². The molecule has 2 nitrogen and oxygen atoms in total. The van der Waals surface area contributed by atoms with Crippen molar-refractivity contribution in [2.75, 3.05) is 6.61 Å². The Bertz CT molecular complexity index is 544. The highest BCUT2D eigenvalue weighted by atomic mass is 16.5. The van der Waals surface area contributed by atoms with Gasteiger partial charge in [0.2, 0.25) is 0 Å². The van der Waals surface area contributed by atoms with E-state index < -0.39 is 5.41 Å². The van der Waals surface area contributed by atoms with E-state index in [0.29, 0.717) is 6.61 Å². The summed E-state index contributed by atoms with van der Waals surface area (Å²) in [6.45, 7) is 4.21. The molecule has 2 rings (SSSR count). The SMILES string of the molecule is CC(C)(C(=O)OCCc1ccccc1)c1ccccc1. The highest BCUT2D eigenvalue weighted by molar-refractivity contribution is 5.82. The van der Waals surface area contributed by atoms with E-state index in [2.05, 4.69) is 0 Å². The smallest absolute Gasteiger partial charge is 0.315 e. The molecule has 0 unspecified atom stereocenters. The average molecular weight is 268 g/mol. The van der Waals surface area contributed by atoms with Crippen LogP contribution in [-0.4, -0.2) is 12.6 Å². The maximum absolute atomic E-state index is 12.2. The normalized spacial score (nSPS) is 11.1. The van der Waals surface area contributed by atoms with E-state index in [1.54, 1.807) is 0 Å². The number of rotatable bonds is 5. The Morgan fingerprint density at radius 2 is 1.50 bits per heavy atom. The molecule has 0 saturated heterocycles. The van der Waals surface area contributed by atoms with Gasteiger partial charge in [-0.2, -0.15) is 0 Å². The minimum Gasteiger partial charge on any atom is -0.465 e. The van der Waals surface area contributed by atoms with Crippen LogP contribution < -0.4 is 0 Å². The molecule has 0 bridgehead atoms. The number of carbonyl (C=O) groups excluding carboxylic acids is 1. The molecule has 2 aromatic rings. The van der Waals surface area contributed by atoms with Gasteiger partial charge in [0.1, 0.15) is 0 Å². The van der Waals surface area contributed by atoms with Crippen molar-refractivity contribution in [1.82, 2.24) is 0 Å². The summed E-state index contributed by atoms with van der Waals surface area (Å²) in [6, 6.07) is 19.8. The average Bonchev–Trinajstić information content (AvgIpc) is 2.49. The van der Waals surface area contributed by atoms with Crippen LogP contribution in [0.4, 0.5) is 0 Å². The summed E-state index contributed by atoms with van der Waals surface area (Å²) in [5.41, 5.74) is 1.54. The van der Waals surface area contributed by atoms with Gasteiger partial charge in [-0.1, -0.05) is 60.7 Å². The maximum atomic E-state index is 12.2. The molecule has 0 heterocycles. The second-order valence-corrected chi connectivity index (χ2v) is 5.36. The predicted molar refractivity (Wildman–Crippen MR) is 80.6 cm³/mol. The van der Waals surface area contributed by atoms with Crippen LogP contribution in [0.5, 0.6) is 0 Å². The molecule has 0 spiro atoms. The van der Waals surface area contributed by atoms with E-state index in [0.717, 1.165) is 12.0 Å². The highest BCUT2D eigenvalue weighted by Gasteiger charge is 2.31. The number of hydrogen-bond donors (Lipinski definition) is 0. The van der Waals surface area contributed by atoms with Crippen molar-refractivity contribution >= 4 is 5.97 Å². The summed E-state index contributed by atoms with van der Waals surface area (Å²) in [7, 11) is 0. The fourth-order valence-corrected chi connectivity index (χ4v) is 2.06. The third-order valence-corrected chi connectivity index (χ3v) is 3.47. The molecular formula is C18H20O2. The Kier molecular flexibility index (Phi) is 4.57. The first kappa shape index (κ1) is 14.3. The number of benzene rings is 2. The van der Waals surface area contributed by atoms with Gasteiger partial charge >= 0.3 is 5.97 Å². The lowest BCUT2D eigenvalue weighted by Gasteiger charge is -2.23. The zero-order chi connectivity index (χ0) is 14.4. The van der Waals surface area contributed by atoms with Gasteiger partial charge in [0.05, 0.1) is 12.0 Å². The van der Waals surface area contributed by atoms with Crippen molar-refractivity contribution in [3.05, 3.63) is 71.8 Å². The minimum atomic E-state index is -0.613. The molecule has 0 aliphatic rings. The molecular weight excluding hydrogens is 248 g/mol. The fourth-order valence-electron chi connectivity index (χ4n) is 2.06. The lowest BCUT2D eigenvalue weighted by Crippen LogP contribution is -2.31. The molecule has 0 aliphatic heterocycles. The van der Waals surface area contributed by atoms with Crippen LogP contribution in [0.3, 0.4) is 0 Å². The number of hydrogen-bond acceptors (Lipinski definition) is 2. The quantitative estimate of drug-likeness (QED) is 0.772. The van der Waals surface area contributed by atoms with Gasteiger partial charge in [-0.05, 0) is 25.0 Å². The van der Waals surface area contributed by atoms with Crippen LogP contribution in [0, 0.1) is 0 Å². The molecule has 0 atom stereocenters. The van der Waals surface area contributed by atoms with E-state index in [1.807, 2.05) is 74.5 Å². The third kappa shape index (κ3) is 3.47. The Balaban J connectivity index is 1.91. The zero-order valence-corrected chi connectivity index (χ0v) is 12.0. The van der Waals surface area contributed by atoms with Gasteiger partial charge in [-0.25, -0.2) is 0 Å². The van der Waals surface area contributed by atoms with Gasteiger partial charge in [-0.15, -0.1) is 0 Å². The van der Waals surface area contributed by atoms with Crippen molar-refractivity contribution < 1.29 is 9.53 Å². The fraction of sp³-hybridized carbons (Fsp3) is 0.278. The first-order chi connectivity index (χ1) is 9.60. The van der Waals surface area contributed by atoms with Gasteiger partial charge in [0.25, 0.3) is 0 Å². The molecule has 0 saturated carbocycles. The molecule has 0 aliphatic carbocycles. The standard InChI is InChI=1S/C18H20O2/c1-18(2,16-11-7-4-8-12-16)17(19)20-14-13-15-9-5-3-6-10-15/h3-12H,13-14H2,1-2H3. The van der Waals surface area contributed by atoms with Crippen LogP contribution >= 0.6 is 0 Å². The van der Waals surface area contributed by atoms with Crippen LogP contribution in [0.2, 0.25) is 0 Å². The van der Waals surface area contributed by atoms with E-state index >= 15 is 0 Å². The number of esters is 1. The topological polar surface area (TPSA) is 26.3 Å². The van der Waals surface area contributed by atoms with Crippen molar-refractivity contribution in [3.63, 3.8) is 0 Å². The number of ether oxygens (including phenoxy) is 1. The largest absolute Gasteiger partial charge is 0.465 e. The number of carbonyl (C=O) groups is 1. The first-order valence-electron chi connectivity index (χ1n) is 6.87. The Hall–Kier alpha value is -2.09. The van der Waals surface area contributed by atoms with Crippen LogP contribution in [0.15, 0.2) is 60.7 Å². The van der Waals surface area contributed by atoms with E-state index in [4.69, 9.17) is 4.74 Å². The van der Waals surface area contributed by atoms with Crippen LogP contribution in [-0.2, 0) is 21.4 Å². The van der Waals surface area contributed by atoms with Crippen molar-refractivity contribution in [2.24, 2.45) is 0 Å². The summed E-state index contributed by atoms with van der Waals surface area (Å²) < 4.78 is 5.43. The Morgan fingerprint density at radius 1 is 0.950 bits per heavy atom. The van der Waals surface area contributed by atoms with Crippen molar-refractivity contribution in [3.8, 4) is 0 Å². The molecule has 0 N–H and O–H groups in total. The van der Waals surface area contributed by atoms with Crippen LogP contribution in [0.25, 0.3) is 0 Å². The molecule has 2 aromatic carbocycles. The summed E-state index contributed by atoms with van der Waals surface area (Å²) in [4.78, 5) is 12.2. The molecule has 0 aromatic heterocycles. The van der Waals surface area contributed by atoms with Crippen molar-refractivity contribution in [2.45, 2.75) is 25.7 Å². The third-order valence-electron chi connectivity index (χ3n) is 3.47. The zero-order valence-electron chi connectivity index (χ0n) is 12.0. The maximum Gasteiger partial charge on any atom is 0.315 e. The highest BCUT2D eigenvalue weighted by Crippen LogP contribution is 2.24. The predicted octanol–water partition coefficient (Wildman–Crippen LogP) is 3.75. The monoisotopic (exact) mass is 268 g/mol. The van der Waals surface area contributed by atoms with Gasteiger partial charge in [0.15, 0.2) is 0 Å². The van der Waals surface area contributed by atoms with Crippen LogP contribution in [0.1, 0.15) is 25.0 Å². The lowest BCUT2D eigenvalue weighted by atomic mass is 9.85. The Morgan fingerprint density at radius 3 is 2.10 bits per heavy atom. The lowest BCUT2D eigenvalue weighted by molar-refractivity contribution is -0.149. The molecule has 0 amide bonds. The molecule has 0 radical (unpaired) electrons. The summed E-state index contributed by atoms with van der Waals surface area (Å²) in [5.74, 6) is -0.181. The molecule has 20 heavy (non-hydrogen) atoms. The minimum absolute atomic E-state index is 0.181. The first-order valence-corrected chi connectivity index (χ1v) is 6.87. The molecule has 0 fully saturated rings. The summed E-state index contributed by atoms with van der Waals surface area (Å²) in [5, 5.41) is 0. The summed E-state index contributed by atoms with van der Waals surface area (Å²) >= 11 is 0. The van der Waals surface area contributed by atoms with Crippen molar-refractivity contribution in [1.29, 1.82) is 0 Å². The molecule has 104 valence electrons. The van der Waals surface area contributed by atoms with Gasteiger partial charge in [0, 0.05) is 6.42 Å². The van der Waals surface area contributed by atoms with E-state index in [-0.39, 0.29) is 5.97 Å².